The Morgan fingerprint density at radius 3 is 2.61 bits per heavy atom. The van der Waals surface area contributed by atoms with Crippen molar-refractivity contribution in [1.29, 1.82) is 0 Å². The van der Waals surface area contributed by atoms with E-state index in [-0.39, 0.29) is 5.91 Å². The van der Waals surface area contributed by atoms with Crippen LogP contribution < -0.4 is 15.0 Å². The van der Waals surface area contributed by atoms with Gasteiger partial charge in [-0.25, -0.2) is 4.98 Å². The quantitative estimate of drug-likeness (QED) is 0.633. The van der Waals surface area contributed by atoms with Gasteiger partial charge >= 0.3 is 0 Å². The van der Waals surface area contributed by atoms with Gasteiger partial charge in [0.25, 0.3) is 0 Å². The highest BCUT2D eigenvalue weighted by Gasteiger charge is 2.32. The molecule has 0 saturated carbocycles. The summed E-state index contributed by atoms with van der Waals surface area (Å²) in [6.45, 7) is 5.96. The van der Waals surface area contributed by atoms with Gasteiger partial charge in [0.05, 0.1) is 13.5 Å². The number of nitrogens with one attached hydrogen (secondary N) is 1. The summed E-state index contributed by atoms with van der Waals surface area (Å²) in [6.07, 6.45) is 10.6. The second kappa shape index (κ2) is 11.9. The zero-order valence-corrected chi connectivity index (χ0v) is 21.6. The molecule has 8 heteroatoms. The average molecular weight is 493 g/mol. The molecular weight excluding hydrogens is 452 g/mol. The lowest BCUT2D eigenvalue weighted by Gasteiger charge is -2.37. The number of anilines is 2. The highest BCUT2D eigenvalue weighted by molar-refractivity contribution is 5.79. The van der Waals surface area contributed by atoms with Gasteiger partial charge in [-0.15, -0.1) is 0 Å². The molecule has 5 rings (SSSR count). The SMILES string of the molecule is COc1cccc(CC(=O)N2CCC(N3CCC(Nc4nccc(N5CCCCCC5)n4)C3)CC2)c1. The Kier molecular flexibility index (Phi) is 8.21. The molecule has 8 nitrogen and oxygen atoms in total. The van der Waals surface area contributed by atoms with Crippen LogP contribution in [-0.2, 0) is 11.2 Å². The summed E-state index contributed by atoms with van der Waals surface area (Å²) in [4.78, 5) is 29.3. The van der Waals surface area contributed by atoms with Crippen molar-refractivity contribution in [3.8, 4) is 5.75 Å². The number of methoxy groups -OCH3 is 1. The minimum absolute atomic E-state index is 0.212. The van der Waals surface area contributed by atoms with Gasteiger partial charge in [0.2, 0.25) is 11.9 Å². The van der Waals surface area contributed by atoms with E-state index in [0.717, 1.165) is 81.6 Å². The molecule has 0 aliphatic carbocycles. The molecule has 4 heterocycles. The second-order valence-electron chi connectivity index (χ2n) is 10.4. The maximum Gasteiger partial charge on any atom is 0.226 e. The standard InChI is InChI=1S/C28H40N6O2/c1-36-25-8-6-7-22(19-25)20-27(35)33-17-11-24(12-18-33)34-16-10-23(21-34)30-28-29-13-9-26(31-28)32-14-4-2-3-5-15-32/h6-9,13,19,23-24H,2-5,10-12,14-18,20-21H2,1H3,(H,29,30,31). The second-order valence-corrected chi connectivity index (χ2v) is 10.4. The molecule has 1 atom stereocenters. The van der Waals surface area contributed by atoms with Crippen molar-refractivity contribution in [3.63, 3.8) is 0 Å². The van der Waals surface area contributed by atoms with Gasteiger partial charge in [-0.1, -0.05) is 25.0 Å². The lowest BCUT2D eigenvalue weighted by atomic mass is 10.0. The number of hydrogen-bond acceptors (Lipinski definition) is 7. The van der Waals surface area contributed by atoms with Gasteiger partial charge in [-0.3, -0.25) is 9.69 Å². The van der Waals surface area contributed by atoms with Crippen LogP contribution in [-0.4, -0.2) is 84.1 Å². The number of carbonyl (C=O) groups excluding carboxylic acids is 1. The van der Waals surface area contributed by atoms with Gasteiger partial charge in [-0.05, 0) is 55.9 Å². The highest BCUT2D eigenvalue weighted by atomic mass is 16.5. The van der Waals surface area contributed by atoms with Gasteiger partial charge in [0.1, 0.15) is 11.6 Å². The summed E-state index contributed by atoms with van der Waals surface area (Å²) < 4.78 is 5.29. The average Bonchev–Trinajstić information content (AvgIpc) is 3.20. The summed E-state index contributed by atoms with van der Waals surface area (Å²) >= 11 is 0. The predicted molar refractivity (Wildman–Crippen MR) is 143 cm³/mol. The fourth-order valence-corrected chi connectivity index (χ4v) is 5.86. The molecule has 3 aliphatic rings. The van der Waals surface area contributed by atoms with Crippen LogP contribution in [0.5, 0.6) is 5.75 Å². The van der Waals surface area contributed by atoms with Crippen LogP contribution in [0, 0.1) is 0 Å². The third kappa shape index (κ3) is 6.27. The van der Waals surface area contributed by atoms with Crippen LogP contribution in [0.4, 0.5) is 11.8 Å². The van der Waals surface area contributed by atoms with Crippen LogP contribution >= 0.6 is 0 Å². The zero-order chi connectivity index (χ0) is 24.7. The highest BCUT2D eigenvalue weighted by Crippen LogP contribution is 2.24. The number of benzene rings is 1. The van der Waals surface area contributed by atoms with Crippen LogP contribution in [0.1, 0.15) is 50.5 Å². The van der Waals surface area contributed by atoms with Crippen molar-refractivity contribution in [2.45, 2.75) is 63.5 Å². The first kappa shape index (κ1) is 24.8. The summed E-state index contributed by atoms with van der Waals surface area (Å²) in [5, 5.41) is 3.60. The van der Waals surface area contributed by atoms with Crippen molar-refractivity contribution in [2.75, 3.05) is 56.6 Å². The number of amides is 1. The number of carbonyl (C=O) groups is 1. The summed E-state index contributed by atoms with van der Waals surface area (Å²) in [5.74, 6) is 2.82. The zero-order valence-electron chi connectivity index (χ0n) is 21.6. The van der Waals surface area contributed by atoms with Gasteiger partial charge in [-0.2, -0.15) is 4.98 Å². The third-order valence-electron chi connectivity index (χ3n) is 7.95. The molecule has 2 aromatic rings. The normalized spacial score (nSPS) is 21.9. The van der Waals surface area contributed by atoms with Crippen LogP contribution in [0.15, 0.2) is 36.5 Å². The summed E-state index contributed by atoms with van der Waals surface area (Å²) in [7, 11) is 1.66. The van der Waals surface area contributed by atoms with Crippen molar-refractivity contribution in [1.82, 2.24) is 19.8 Å². The Morgan fingerprint density at radius 1 is 1.03 bits per heavy atom. The number of aromatic nitrogens is 2. The Hall–Kier alpha value is -2.87. The molecule has 3 fully saturated rings. The first-order valence-electron chi connectivity index (χ1n) is 13.7. The van der Waals surface area contributed by atoms with Crippen molar-refractivity contribution in [3.05, 3.63) is 42.1 Å². The predicted octanol–water partition coefficient (Wildman–Crippen LogP) is 3.59. The van der Waals surface area contributed by atoms with E-state index < -0.39 is 0 Å². The number of piperidine rings is 1. The molecule has 1 unspecified atom stereocenters. The lowest BCUT2D eigenvalue weighted by Crippen LogP contribution is -2.46. The van der Waals surface area contributed by atoms with Crippen molar-refractivity contribution in [2.24, 2.45) is 0 Å². The van der Waals surface area contributed by atoms with Crippen LogP contribution in [0.3, 0.4) is 0 Å². The van der Waals surface area contributed by atoms with E-state index in [1.807, 2.05) is 41.4 Å². The van der Waals surface area contributed by atoms with E-state index >= 15 is 0 Å². The lowest BCUT2D eigenvalue weighted by molar-refractivity contribution is -0.132. The minimum atomic E-state index is 0.212. The Labute approximate surface area is 215 Å². The van der Waals surface area contributed by atoms with Crippen molar-refractivity contribution < 1.29 is 9.53 Å². The smallest absolute Gasteiger partial charge is 0.226 e. The monoisotopic (exact) mass is 492 g/mol. The van der Waals surface area contributed by atoms with Crippen molar-refractivity contribution >= 4 is 17.7 Å². The molecule has 0 radical (unpaired) electrons. The molecule has 36 heavy (non-hydrogen) atoms. The molecule has 1 aromatic heterocycles. The molecule has 1 aromatic carbocycles. The first-order valence-corrected chi connectivity index (χ1v) is 13.7. The van der Waals surface area contributed by atoms with Gasteiger partial charge in [0, 0.05) is 57.5 Å². The van der Waals surface area contributed by atoms with E-state index in [0.29, 0.717) is 18.5 Å². The molecule has 3 saturated heterocycles. The molecule has 3 aliphatic heterocycles. The van der Waals surface area contributed by atoms with E-state index in [1.165, 1.54) is 25.7 Å². The number of ether oxygens (including phenoxy) is 1. The maximum atomic E-state index is 12.9. The summed E-state index contributed by atoms with van der Waals surface area (Å²) in [5.41, 5.74) is 1.01. The van der Waals surface area contributed by atoms with Gasteiger partial charge in [0.15, 0.2) is 0 Å². The minimum Gasteiger partial charge on any atom is -0.497 e. The molecule has 1 amide bonds. The van der Waals surface area contributed by atoms with E-state index in [9.17, 15) is 4.79 Å². The molecule has 0 bridgehead atoms. The number of rotatable bonds is 7. The van der Waals surface area contributed by atoms with Gasteiger partial charge < -0.3 is 19.9 Å². The van der Waals surface area contributed by atoms with E-state index in [2.05, 4.69) is 20.1 Å². The van der Waals surface area contributed by atoms with E-state index in [4.69, 9.17) is 9.72 Å². The Balaban J connectivity index is 1.08. The third-order valence-corrected chi connectivity index (χ3v) is 7.95. The van der Waals surface area contributed by atoms with Crippen LogP contribution in [0.2, 0.25) is 0 Å². The maximum absolute atomic E-state index is 12.9. The largest absolute Gasteiger partial charge is 0.497 e. The number of nitrogens with zero attached hydrogens (tertiary/aromatic N) is 5. The fraction of sp³-hybridized carbons (Fsp3) is 0.607. The molecule has 0 spiro atoms. The molecular formula is C28H40N6O2. The summed E-state index contributed by atoms with van der Waals surface area (Å²) in [6, 6.07) is 10.8. The Morgan fingerprint density at radius 2 is 1.83 bits per heavy atom. The van der Waals surface area contributed by atoms with Crippen LogP contribution in [0.25, 0.3) is 0 Å². The fourth-order valence-electron chi connectivity index (χ4n) is 5.86. The molecule has 1 N–H and O–H groups in total. The number of hydrogen-bond donors (Lipinski definition) is 1. The number of likely N-dealkylation sites (tertiary alicyclic amines) is 2. The Bertz CT molecular complexity index is 1000. The van der Waals surface area contributed by atoms with E-state index in [1.54, 1.807) is 7.11 Å². The molecule has 194 valence electrons. The first-order chi connectivity index (χ1) is 17.7. The topological polar surface area (TPSA) is 73.8 Å².